The minimum atomic E-state index is -0.482. The van der Waals surface area contributed by atoms with E-state index in [2.05, 4.69) is 5.32 Å². The Bertz CT molecular complexity index is 821. The van der Waals surface area contributed by atoms with E-state index >= 15 is 0 Å². The summed E-state index contributed by atoms with van der Waals surface area (Å²) < 4.78 is 15.9. The molecule has 1 N–H and O–H groups in total. The zero-order chi connectivity index (χ0) is 20.9. The molecule has 0 fully saturated rings. The van der Waals surface area contributed by atoms with Gasteiger partial charge in [0.1, 0.15) is 23.1 Å². The average molecular weight is 395 g/mol. The lowest BCUT2D eigenvalue weighted by Crippen LogP contribution is -2.27. The van der Waals surface area contributed by atoms with Gasteiger partial charge in [-0.2, -0.15) is 5.26 Å². The van der Waals surface area contributed by atoms with Gasteiger partial charge in [0, 0.05) is 39.2 Å². The molecule has 2 aromatic rings. The van der Waals surface area contributed by atoms with Gasteiger partial charge in [-0.3, -0.25) is 4.79 Å². The topological polar surface area (TPSA) is 83.8 Å². The highest BCUT2D eigenvalue weighted by atomic mass is 16.5. The standard InChI is InChI=1S/C22H25N3O4/c1-27-14-12-25(13-15-28-2)17-18(16-23)22(26)24-19-8-10-21(11-9-19)29-20-6-4-3-5-7-20/h3-11,17H,12-15H2,1-2H3,(H,24,26)/b18-17-. The third kappa shape index (κ3) is 7.66. The number of anilines is 1. The van der Waals surface area contributed by atoms with Crippen molar-refractivity contribution in [1.29, 1.82) is 5.26 Å². The molecule has 0 aromatic heterocycles. The summed E-state index contributed by atoms with van der Waals surface area (Å²) in [6, 6.07) is 18.3. The zero-order valence-electron chi connectivity index (χ0n) is 16.6. The molecule has 0 unspecified atom stereocenters. The predicted molar refractivity (Wildman–Crippen MR) is 111 cm³/mol. The number of amides is 1. The molecule has 0 aliphatic heterocycles. The van der Waals surface area contributed by atoms with Crippen molar-refractivity contribution in [2.75, 3.05) is 45.8 Å². The van der Waals surface area contributed by atoms with Gasteiger partial charge >= 0.3 is 0 Å². The van der Waals surface area contributed by atoms with Crippen LogP contribution in [0.15, 0.2) is 66.4 Å². The molecule has 0 heterocycles. The fourth-order valence-corrected chi connectivity index (χ4v) is 2.41. The van der Waals surface area contributed by atoms with Gasteiger partial charge in [-0.05, 0) is 36.4 Å². The van der Waals surface area contributed by atoms with Crippen LogP contribution < -0.4 is 10.1 Å². The van der Waals surface area contributed by atoms with Crippen LogP contribution >= 0.6 is 0 Å². The lowest BCUT2D eigenvalue weighted by atomic mass is 10.2. The van der Waals surface area contributed by atoms with Crippen LogP contribution in [-0.2, 0) is 14.3 Å². The van der Waals surface area contributed by atoms with Crippen LogP contribution in [-0.4, -0.2) is 51.3 Å². The molecule has 0 saturated carbocycles. The summed E-state index contributed by atoms with van der Waals surface area (Å²) >= 11 is 0. The molecule has 2 aromatic carbocycles. The highest BCUT2D eigenvalue weighted by Gasteiger charge is 2.12. The van der Waals surface area contributed by atoms with E-state index in [1.54, 1.807) is 38.5 Å². The first-order valence-corrected chi connectivity index (χ1v) is 9.14. The number of carbonyl (C=O) groups excluding carboxylic acids is 1. The van der Waals surface area contributed by atoms with E-state index in [4.69, 9.17) is 14.2 Å². The van der Waals surface area contributed by atoms with Gasteiger partial charge in [0.15, 0.2) is 0 Å². The van der Waals surface area contributed by atoms with Gasteiger partial charge in [0.25, 0.3) is 5.91 Å². The Labute approximate surface area is 171 Å². The monoisotopic (exact) mass is 395 g/mol. The molecule has 0 aliphatic carbocycles. The van der Waals surface area contributed by atoms with E-state index in [0.29, 0.717) is 37.7 Å². The molecule has 7 heteroatoms. The molecular formula is C22H25N3O4. The summed E-state index contributed by atoms with van der Waals surface area (Å²) in [6.07, 6.45) is 1.53. The highest BCUT2D eigenvalue weighted by molar-refractivity contribution is 6.06. The van der Waals surface area contributed by atoms with Gasteiger partial charge in [0.2, 0.25) is 0 Å². The molecule has 0 bridgehead atoms. The number of benzene rings is 2. The summed E-state index contributed by atoms with van der Waals surface area (Å²) in [5, 5.41) is 12.1. The number of hydrogen-bond acceptors (Lipinski definition) is 6. The van der Waals surface area contributed by atoms with Crippen molar-refractivity contribution in [3.8, 4) is 17.6 Å². The number of methoxy groups -OCH3 is 2. The lowest BCUT2D eigenvalue weighted by molar-refractivity contribution is -0.112. The molecule has 152 valence electrons. The summed E-state index contributed by atoms with van der Waals surface area (Å²) in [5.74, 6) is 0.894. The fraction of sp³-hybridized carbons (Fsp3) is 0.273. The number of nitrogens with one attached hydrogen (secondary N) is 1. The van der Waals surface area contributed by atoms with Crippen molar-refractivity contribution >= 4 is 11.6 Å². The number of ether oxygens (including phenoxy) is 3. The third-order valence-corrected chi connectivity index (χ3v) is 3.93. The van der Waals surface area contributed by atoms with Crippen molar-refractivity contribution in [2.24, 2.45) is 0 Å². The maximum atomic E-state index is 12.5. The van der Waals surface area contributed by atoms with E-state index in [1.165, 1.54) is 6.20 Å². The smallest absolute Gasteiger partial charge is 0.267 e. The molecule has 0 radical (unpaired) electrons. The molecule has 0 aliphatic rings. The normalized spacial score (nSPS) is 10.9. The summed E-state index contributed by atoms with van der Waals surface area (Å²) in [4.78, 5) is 14.3. The van der Waals surface area contributed by atoms with Crippen LogP contribution in [0.2, 0.25) is 0 Å². The first-order chi connectivity index (χ1) is 14.2. The van der Waals surface area contributed by atoms with E-state index in [-0.39, 0.29) is 5.57 Å². The number of carbonyl (C=O) groups is 1. The second kappa shape index (κ2) is 12.2. The first kappa shape index (κ1) is 22.0. The Balaban J connectivity index is 2.01. The minimum Gasteiger partial charge on any atom is -0.457 e. The molecule has 2 rings (SSSR count). The predicted octanol–water partition coefficient (Wildman–Crippen LogP) is 3.42. The van der Waals surface area contributed by atoms with Crippen LogP contribution in [0.4, 0.5) is 5.69 Å². The van der Waals surface area contributed by atoms with Crippen LogP contribution in [0.5, 0.6) is 11.5 Å². The Kier molecular flexibility index (Phi) is 9.22. The SMILES string of the molecule is COCCN(/C=C(/C#N)C(=O)Nc1ccc(Oc2ccccc2)cc1)CCOC. The largest absolute Gasteiger partial charge is 0.457 e. The summed E-state index contributed by atoms with van der Waals surface area (Å²) in [6.45, 7) is 2.04. The van der Waals surface area contributed by atoms with Gasteiger partial charge in [-0.15, -0.1) is 0 Å². The summed E-state index contributed by atoms with van der Waals surface area (Å²) in [7, 11) is 3.20. The van der Waals surface area contributed by atoms with Crippen molar-refractivity contribution in [2.45, 2.75) is 0 Å². The van der Waals surface area contributed by atoms with Gasteiger partial charge in [-0.25, -0.2) is 0 Å². The Hall–Kier alpha value is -3.34. The third-order valence-electron chi connectivity index (χ3n) is 3.93. The molecule has 1 amide bonds. The van der Waals surface area contributed by atoms with Gasteiger partial charge in [0.05, 0.1) is 13.2 Å². The highest BCUT2D eigenvalue weighted by Crippen LogP contribution is 2.22. The number of nitriles is 1. The molecular weight excluding hydrogens is 370 g/mol. The van der Waals surface area contributed by atoms with Crippen molar-refractivity contribution < 1.29 is 19.0 Å². The fourth-order valence-electron chi connectivity index (χ4n) is 2.41. The van der Waals surface area contributed by atoms with Gasteiger partial charge < -0.3 is 24.4 Å². The van der Waals surface area contributed by atoms with E-state index in [9.17, 15) is 10.1 Å². The first-order valence-electron chi connectivity index (χ1n) is 9.14. The Morgan fingerprint density at radius 1 is 1.00 bits per heavy atom. The lowest BCUT2D eigenvalue weighted by Gasteiger charge is -2.20. The van der Waals surface area contributed by atoms with Crippen LogP contribution in [0, 0.1) is 11.3 Å². The Morgan fingerprint density at radius 2 is 1.59 bits per heavy atom. The number of nitrogens with zero attached hydrogens (tertiary/aromatic N) is 2. The molecule has 29 heavy (non-hydrogen) atoms. The second-order valence-corrected chi connectivity index (χ2v) is 6.07. The van der Waals surface area contributed by atoms with Crippen molar-refractivity contribution in [3.63, 3.8) is 0 Å². The summed E-state index contributed by atoms with van der Waals surface area (Å²) in [5.41, 5.74) is 0.568. The second-order valence-electron chi connectivity index (χ2n) is 6.07. The van der Waals surface area contributed by atoms with E-state index in [0.717, 1.165) is 5.75 Å². The molecule has 0 saturated heterocycles. The maximum absolute atomic E-state index is 12.5. The van der Waals surface area contributed by atoms with Crippen LogP contribution in [0.3, 0.4) is 0 Å². The van der Waals surface area contributed by atoms with E-state index < -0.39 is 5.91 Å². The number of hydrogen-bond donors (Lipinski definition) is 1. The maximum Gasteiger partial charge on any atom is 0.267 e. The number of rotatable bonds is 11. The quantitative estimate of drug-likeness (QED) is 0.464. The average Bonchev–Trinajstić information content (AvgIpc) is 2.75. The minimum absolute atomic E-state index is 0.00168. The molecule has 7 nitrogen and oxygen atoms in total. The molecule has 0 spiro atoms. The van der Waals surface area contributed by atoms with Crippen LogP contribution in [0.25, 0.3) is 0 Å². The van der Waals surface area contributed by atoms with Crippen LogP contribution in [0.1, 0.15) is 0 Å². The van der Waals surface area contributed by atoms with Crippen molar-refractivity contribution in [1.82, 2.24) is 4.90 Å². The van der Waals surface area contributed by atoms with Crippen molar-refractivity contribution in [3.05, 3.63) is 66.4 Å². The molecule has 0 atom stereocenters. The van der Waals surface area contributed by atoms with Gasteiger partial charge in [-0.1, -0.05) is 18.2 Å². The number of para-hydroxylation sites is 1. The zero-order valence-corrected chi connectivity index (χ0v) is 16.6. The Morgan fingerprint density at radius 3 is 2.14 bits per heavy atom. The van der Waals surface area contributed by atoms with E-state index in [1.807, 2.05) is 41.3 Å².